The molecule has 0 aliphatic carbocycles. The van der Waals surface area contributed by atoms with Crippen molar-refractivity contribution in [2.45, 2.75) is 277 Å². The van der Waals surface area contributed by atoms with Crippen LogP contribution in [0.2, 0.25) is 0 Å². The van der Waals surface area contributed by atoms with Crippen molar-refractivity contribution >= 4 is 17.9 Å². The minimum atomic E-state index is -0.786. The van der Waals surface area contributed by atoms with Crippen LogP contribution >= 0.6 is 0 Å². The fraction of sp³-hybridized carbons (Fsp3) is 0.750. The number of esters is 3. The Morgan fingerprint density at radius 2 is 0.591 bits per heavy atom. The molecule has 0 spiro atoms. The summed E-state index contributed by atoms with van der Waals surface area (Å²) in [5.74, 6) is -0.901. The molecule has 380 valence electrons. The molecule has 0 bridgehead atoms. The summed E-state index contributed by atoms with van der Waals surface area (Å²) in [7, 11) is 0. The molecule has 1 atom stereocenters. The Morgan fingerprint density at radius 1 is 0.318 bits per heavy atom. The van der Waals surface area contributed by atoms with Gasteiger partial charge >= 0.3 is 17.9 Å². The van der Waals surface area contributed by atoms with Gasteiger partial charge in [0.25, 0.3) is 0 Å². The molecule has 6 heteroatoms. The summed E-state index contributed by atoms with van der Waals surface area (Å²) in [6.45, 7) is 6.42. The van der Waals surface area contributed by atoms with Crippen molar-refractivity contribution in [2.75, 3.05) is 13.2 Å². The molecule has 0 rings (SSSR count). The van der Waals surface area contributed by atoms with E-state index in [0.717, 1.165) is 116 Å². The molecule has 0 aromatic rings. The van der Waals surface area contributed by atoms with Crippen molar-refractivity contribution in [1.82, 2.24) is 0 Å². The molecule has 0 heterocycles. The molecule has 0 N–H and O–H groups in total. The topological polar surface area (TPSA) is 78.9 Å². The van der Waals surface area contributed by atoms with Crippen LogP contribution in [0.5, 0.6) is 0 Å². The van der Waals surface area contributed by atoms with Crippen molar-refractivity contribution in [2.24, 2.45) is 0 Å². The summed E-state index contributed by atoms with van der Waals surface area (Å²) >= 11 is 0. The zero-order valence-corrected chi connectivity index (χ0v) is 43.4. The lowest BCUT2D eigenvalue weighted by atomic mass is 10.0. The Morgan fingerprint density at radius 3 is 0.924 bits per heavy atom. The normalized spacial score (nSPS) is 12.6. The van der Waals surface area contributed by atoms with Crippen LogP contribution in [-0.2, 0) is 28.6 Å². The molecule has 0 amide bonds. The predicted molar refractivity (Wildman–Crippen MR) is 284 cm³/mol. The van der Waals surface area contributed by atoms with Crippen molar-refractivity contribution in [3.63, 3.8) is 0 Å². The van der Waals surface area contributed by atoms with Gasteiger partial charge in [-0.3, -0.25) is 14.4 Å². The van der Waals surface area contributed by atoms with Gasteiger partial charge in [-0.25, -0.2) is 0 Å². The van der Waals surface area contributed by atoms with E-state index in [-0.39, 0.29) is 31.1 Å². The standard InChI is InChI=1S/C60H104O6/c1-4-7-10-13-16-19-22-25-28-31-34-37-40-43-46-49-52-58(61)64-55-57(66-60(63)54-51-48-45-42-39-36-33-30-27-24-21-18-15-12-9-6-3)56-65-59(62)53-50-47-44-41-38-35-32-29-26-23-20-17-14-11-8-5-2/h7,9-10,12,16,18-19,21,25,27-28,30,57H,4-6,8,11,13-15,17,20,22-24,26,29,31-56H2,1-3H3/b10-7-,12-9-,19-16-,21-18-,28-25-,30-27-. The second kappa shape index (κ2) is 54.5. The van der Waals surface area contributed by atoms with Gasteiger partial charge in [-0.2, -0.15) is 0 Å². The van der Waals surface area contributed by atoms with E-state index in [1.54, 1.807) is 0 Å². The van der Waals surface area contributed by atoms with Crippen LogP contribution in [0.1, 0.15) is 271 Å². The number of carbonyl (C=O) groups is 3. The maximum absolute atomic E-state index is 12.8. The van der Waals surface area contributed by atoms with E-state index in [1.807, 2.05) is 0 Å². The Labute approximate surface area is 408 Å². The van der Waals surface area contributed by atoms with Gasteiger partial charge in [0, 0.05) is 19.3 Å². The van der Waals surface area contributed by atoms with Crippen LogP contribution in [0.3, 0.4) is 0 Å². The second-order valence-corrected chi connectivity index (χ2v) is 18.4. The van der Waals surface area contributed by atoms with Crippen LogP contribution in [-0.4, -0.2) is 37.2 Å². The van der Waals surface area contributed by atoms with Gasteiger partial charge < -0.3 is 14.2 Å². The van der Waals surface area contributed by atoms with Crippen molar-refractivity contribution in [3.05, 3.63) is 72.9 Å². The number of hydrogen-bond acceptors (Lipinski definition) is 6. The van der Waals surface area contributed by atoms with E-state index >= 15 is 0 Å². The summed E-state index contributed by atoms with van der Waals surface area (Å²) in [6.07, 6.45) is 68.8. The van der Waals surface area contributed by atoms with Gasteiger partial charge in [0.1, 0.15) is 13.2 Å². The van der Waals surface area contributed by atoms with E-state index in [0.29, 0.717) is 19.3 Å². The lowest BCUT2D eigenvalue weighted by Gasteiger charge is -2.18. The van der Waals surface area contributed by atoms with Gasteiger partial charge in [0.15, 0.2) is 6.10 Å². The van der Waals surface area contributed by atoms with Crippen molar-refractivity contribution in [1.29, 1.82) is 0 Å². The number of hydrogen-bond donors (Lipinski definition) is 0. The third kappa shape index (κ3) is 51.8. The van der Waals surface area contributed by atoms with E-state index in [2.05, 4.69) is 93.7 Å². The minimum Gasteiger partial charge on any atom is -0.462 e. The highest BCUT2D eigenvalue weighted by molar-refractivity contribution is 5.71. The van der Waals surface area contributed by atoms with Crippen molar-refractivity contribution < 1.29 is 28.6 Å². The Bertz CT molecular complexity index is 1240. The van der Waals surface area contributed by atoms with Gasteiger partial charge in [0.05, 0.1) is 0 Å². The fourth-order valence-electron chi connectivity index (χ4n) is 7.82. The van der Waals surface area contributed by atoms with E-state index in [4.69, 9.17) is 14.2 Å². The van der Waals surface area contributed by atoms with Gasteiger partial charge in [0.2, 0.25) is 0 Å². The molecule has 0 fully saturated rings. The molecular formula is C60H104O6. The highest BCUT2D eigenvalue weighted by Gasteiger charge is 2.19. The summed E-state index contributed by atoms with van der Waals surface area (Å²) in [4.78, 5) is 38.1. The quantitative estimate of drug-likeness (QED) is 0.0262. The van der Waals surface area contributed by atoms with Gasteiger partial charge in [-0.05, 0) is 83.5 Å². The Balaban J connectivity index is 4.41. The third-order valence-corrected chi connectivity index (χ3v) is 12.0. The SMILES string of the molecule is CC/C=C\C/C=C\C/C=C\CCCCCCCCC(=O)OCC(COC(=O)CCCCCCCCCCCCCCCCCC)OC(=O)CCCCCCCC/C=C\C/C=C\C/C=C\CC. The molecule has 0 radical (unpaired) electrons. The van der Waals surface area contributed by atoms with Crippen LogP contribution < -0.4 is 0 Å². The lowest BCUT2D eigenvalue weighted by molar-refractivity contribution is -0.167. The molecule has 66 heavy (non-hydrogen) atoms. The monoisotopic (exact) mass is 921 g/mol. The van der Waals surface area contributed by atoms with Crippen molar-refractivity contribution in [3.8, 4) is 0 Å². The smallest absolute Gasteiger partial charge is 0.306 e. The minimum absolute atomic E-state index is 0.0831. The van der Waals surface area contributed by atoms with Crippen LogP contribution in [0.25, 0.3) is 0 Å². The first-order valence-electron chi connectivity index (χ1n) is 27.9. The number of allylic oxidation sites excluding steroid dienone is 12. The Kier molecular flexibility index (Phi) is 51.9. The maximum Gasteiger partial charge on any atom is 0.306 e. The van der Waals surface area contributed by atoms with Crippen LogP contribution in [0.4, 0.5) is 0 Å². The first-order chi connectivity index (χ1) is 32.5. The lowest BCUT2D eigenvalue weighted by Crippen LogP contribution is -2.30. The summed E-state index contributed by atoms with van der Waals surface area (Å²) in [6, 6.07) is 0. The largest absolute Gasteiger partial charge is 0.462 e. The third-order valence-electron chi connectivity index (χ3n) is 12.0. The van der Waals surface area contributed by atoms with Crippen LogP contribution in [0, 0.1) is 0 Å². The summed E-state index contributed by atoms with van der Waals surface area (Å²) < 4.78 is 16.8. The molecule has 0 saturated heterocycles. The zero-order chi connectivity index (χ0) is 47.9. The fourth-order valence-corrected chi connectivity index (χ4v) is 7.82. The zero-order valence-electron chi connectivity index (χ0n) is 43.4. The molecule has 0 aliphatic heterocycles. The highest BCUT2D eigenvalue weighted by atomic mass is 16.6. The summed E-state index contributed by atoms with van der Waals surface area (Å²) in [5, 5.41) is 0. The molecule has 0 aliphatic rings. The number of rotatable bonds is 50. The molecule has 0 aromatic carbocycles. The average molecular weight is 921 g/mol. The Hall–Kier alpha value is -3.15. The predicted octanol–water partition coefficient (Wildman–Crippen LogP) is 18.6. The molecule has 6 nitrogen and oxygen atoms in total. The van der Waals surface area contributed by atoms with E-state index in [9.17, 15) is 14.4 Å². The number of ether oxygens (including phenoxy) is 3. The first kappa shape index (κ1) is 62.8. The maximum atomic E-state index is 12.8. The molecular weight excluding hydrogens is 817 g/mol. The van der Waals surface area contributed by atoms with Crippen LogP contribution in [0.15, 0.2) is 72.9 Å². The summed E-state index contributed by atoms with van der Waals surface area (Å²) in [5.41, 5.74) is 0. The molecule has 0 aromatic heterocycles. The van der Waals surface area contributed by atoms with Gasteiger partial charge in [-0.15, -0.1) is 0 Å². The highest BCUT2D eigenvalue weighted by Crippen LogP contribution is 2.16. The number of unbranched alkanes of at least 4 members (excludes halogenated alkanes) is 27. The molecule has 1 unspecified atom stereocenters. The van der Waals surface area contributed by atoms with E-state index in [1.165, 1.54) is 116 Å². The number of carbonyl (C=O) groups excluding carboxylic acids is 3. The van der Waals surface area contributed by atoms with Gasteiger partial charge in [-0.1, -0.05) is 241 Å². The second-order valence-electron chi connectivity index (χ2n) is 18.4. The van der Waals surface area contributed by atoms with E-state index < -0.39 is 6.10 Å². The molecule has 0 saturated carbocycles. The average Bonchev–Trinajstić information content (AvgIpc) is 3.31. The first-order valence-corrected chi connectivity index (χ1v) is 27.9.